The van der Waals surface area contributed by atoms with Gasteiger partial charge in [0.1, 0.15) is 12.2 Å². The smallest absolute Gasteiger partial charge is 0.242 e. The number of hydrogen-bond acceptors (Lipinski definition) is 3. The van der Waals surface area contributed by atoms with E-state index in [1.165, 1.54) is 12.1 Å². The minimum Gasteiger partial charge on any atom is -0.381 e. The van der Waals surface area contributed by atoms with Gasteiger partial charge in [-0.2, -0.15) is 0 Å². The van der Waals surface area contributed by atoms with E-state index in [0.29, 0.717) is 18.5 Å². The molecule has 2 aromatic rings. The first-order valence-corrected chi connectivity index (χ1v) is 9.96. The first kappa shape index (κ1) is 17.5. The zero-order valence-electron chi connectivity index (χ0n) is 15.9. The van der Waals surface area contributed by atoms with Gasteiger partial charge in [0.2, 0.25) is 5.91 Å². The predicted octanol–water partition coefficient (Wildman–Crippen LogP) is 3.64. The van der Waals surface area contributed by atoms with Crippen LogP contribution in [-0.4, -0.2) is 46.2 Å². The zero-order chi connectivity index (χ0) is 18.1. The van der Waals surface area contributed by atoms with E-state index in [2.05, 4.69) is 40.4 Å². The average Bonchev–Trinajstić information content (AvgIpc) is 3.00. The summed E-state index contributed by atoms with van der Waals surface area (Å²) < 4.78 is 7.72. The monoisotopic (exact) mass is 355 g/mol. The molecule has 4 rings (SSSR count). The summed E-state index contributed by atoms with van der Waals surface area (Å²) in [5.74, 6) is 0.676. The van der Waals surface area contributed by atoms with Crippen LogP contribution in [0.15, 0.2) is 18.3 Å². The Bertz CT molecular complexity index is 792. The molecule has 4 heterocycles. The molecule has 5 nitrogen and oxygen atoms in total. The van der Waals surface area contributed by atoms with Crippen LogP contribution in [0.3, 0.4) is 0 Å². The molecule has 26 heavy (non-hydrogen) atoms. The van der Waals surface area contributed by atoms with Crippen molar-refractivity contribution in [1.82, 2.24) is 14.5 Å². The Morgan fingerprint density at radius 1 is 1.23 bits per heavy atom. The molecule has 0 saturated carbocycles. The Kier molecular flexibility index (Phi) is 4.98. The van der Waals surface area contributed by atoms with Crippen molar-refractivity contribution in [2.24, 2.45) is 0 Å². The van der Waals surface area contributed by atoms with E-state index in [-0.39, 0.29) is 5.91 Å². The Morgan fingerprint density at radius 3 is 2.81 bits per heavy atom. The highest BCUT2D eigenvalue weighted by atomic mass is 16.5. The van der Waals surface area contributed by atoms with Crippen LogP contribution in [-0.2, 0) is 16.1 Å². The van der Waals surface area contributed by atoms with E-state index in [0.717, 1.165) is 62.0 Å². The first-order chi connectivity index (χ1) is 12.6. The summed E-state index contributed by atoms with van der Waals surface area (Å²) in [6, 6.07) is 4.77. The largest absolute Gasteiger partial charge is 0.381 e. The summed E-state index contributed by atoms with van der Waals surface area (Å²) in [5.41, 5.74) is 3.35. The molecule has 2 aliphatic rings. The summed E-state index contributed by atoms with van der Waals surface area (Å²) in [4.78, 5) is 19.8. The maximum absolute atomic E-state index is 13.1. The number of carbonyl (C=O) groups is 1. The topological polar surface area (TPSA) is 47.4 Å². The number of hydrogen-bond donors (Lipinski definition) is 0. The molecule has 0 N–H and O–H groups in total. The molecular weight excluding hydrogens is 326 g/mol. The highest BCUT2D eigenvalue weighted by Gasteiger charge is 2.27. The highest BCUT2D eigenvalue weighted by Crippen LogP contribution is 2.32. The van der Waals surface area contributed by atoms with Crippen molar-refractivity contribution in [3.8, 4) is 0 Å². The van der Waals surface area contributed by atoms with Gasteiger partial charge in [0.15, 0.2) is 0 Å². The lowest BCUT2D eigenvalue weighted by atomic mass is 9.96. The van der Waals surface area contributed by atoms with Gasteiger partial charge in [0.25, 0.3) is 0 Å². The lowest BCUT2D eigenvalue weighted by molar-refractivity contribution is -0.135. The molecule has 1 unspecified atom stereocenters. The molecule has 2 saturated heterocycles. The molecule has 2 fully saturated rings. The Labute approximate surface area is 155 Å². The number of pyridine rings is 1. The second-order valence-electron chi connectivity index (χ2n) is 7.90. The minimum atomic E-state index is 0.227. The van der Waals surface area contributed by atoms with Crippen LogP contribution in [0.2, 0.25) is 0 Å². The Morgan fingerprint density at radius 2 is 2.04 bits per heavy atom. The molecule has 0 spiro atoms. The second-order valence-corrected chi connectivity index (χ2v) is 7.90. The maximum atomic E-state index is 13.1. The van der Waals surface area contributed by atoms with Crippen LogP contribution in [0.1, 0.15) is 56.2 Å². The third-order valence-electron chi connectivity index (χ3n) is 5.96. The van der Waals surface area contributed by atoms with Crippen LogP contribution >= 0.6 is 0 Å². The van der Waals surface area contributed by atoms with Gasteiger partial charge in [0, 0.05) is 49.0 Å². The normalized spacial score (nSPS) is 22.1. The summed E-state index contributed by atoms with van der Waals surface area (Å²) >= 11 is 0. The van der Waals surface area contributed by atoms with Gasteiger partial charge >= 0.3 is 0 Å². The number of fused-ring (bicyclic) bond motifs is 1. The number of nitrogens with zero attached hydrogens (tertiary/aromatic N) is 3. The van der Waals surface area contributed by atoms with Crippen LogP contribution < -0.4 is 0 Å². The molecule has 0 aromatic carbocycles. The molecule has 0 aliphatic carbocycles. The Hall–Kier alpha value is -1.88. The fourth-order valence-electron chi connectivity index (χ4n) is 4.47. The van der Waals surface area contributed by atoms with Crippen molar-refractivity contribution in [3.05, 3.63) is 29.6 Å². The summed E-state index contributed by atoms with van der Waals surface area (Å²) in [5, 5.41) is 1.14. The standard InChI is InChI=1S/C21H29N3O2/c1-15-11-18-12-19(17-6-9-26-10-7-17)24(21(18)22-13-15)14-20(25)23-8-4-3-5-16(23)2/h11-13,16-17H,3-10,14H2,1-2H3. The number of rotatable bonds is 3. The van der Waals surface area contributed by atoms with Crippen molar-refractivity contribution >= 4 is 16.9 Å². The number of aromatic nitrogens is 2. The van der Waals surface area contributed by atoms with Crippen molar-refractivity contribution in [3.63, 3.8) is 0 Å². The van der Waals surface area contributed by atoms with E-state index in [1.54, 1.807) is 0 Å². The number of piperidine rings is 1. The molecule has 140 valence electrons. The molecule has 1 amide bonds. The van der Waals surface area contributed by atoms with Crippen LogP contribution in [0.4, 0.5) is 0 Å². The van der Waals surface area contributed by atoms with Crippen molar-refractivity contribution in [2.75, 3.05) is 19.8 Å². The molecule has 0 bridgehead atoms. The zero-order valence-corrected chi connectivity index (χ0v) is 15.9. The van der Waals surface area contributed by atoms with Gasteiger partial charge in [-0.15, -0.1) is 0 Å². The molecule has 1 atom stereocenters. The second kappa shape index (κ2) is 7.39. The average molecular weight is 355 g/mol. The lowest BCUT2D eigenvalue weighted by Crippen LogP contribution is -2.43. The predicted molar refractivity (Wildman–Crippen MR) is 102 cm³/mol. The summed E-state index contributed by atoms with van der Waals surface area (Å²) in [6.07, 6.45) is 7.40. The van der Waals surface area contributed by atoms with Gasteiger partial charge in [-0.05, 0) is 63.6 Å². The first-order valence-electron chi connectivity index (χ1n) is 9.96. The number of ether oxygens (including phenoxy) is 1. The van der Waals surface area contributed by atoms with Gasteiger partial charge in [-0.25, -0.2) is 4.98 Å². The van der Waals surface area contributed by atoms with Crippen molar-refractivity contribution < 1.29 is 9.53 Å². The fraction of sp³-hybridized carbons (Fsp3) is 0.619. The maximum Gasteiger partial charge on any atom is 0.242 e. The van der Waals surface area contributed by atoms with Gasteiger partial charge in [0.05, 0.1) is 0 Å². The van der Waals surface area contributed by atoms with E-state index >= 15 is 0 Å². The molecule has 2 aliphatic heterocycles. The van der Waals surface area contributed by atoms with Crippen LogP contribution in [0.5, 0.6) is 0 Å². The summed E-state index contributed by atoms with van der Waals surface area (Å²) in [6.45, 7) is 7.13. The minimum absolute atomic E-state index is 0.227. The molecule has 0 radical (unpaired) electrons. The van der Waals surface area contributed by atoms with Gasteiger partial charge in [-0.3, -0.25) is 4.79 Å². The fourth-order valence-corrected chi connectivity index (χ4v) is 4.47. The quantitative estimate of drug-likeness (QED) is 0.844. The number of amides is 1. The van der Waals surface area contributed by atoms with Crippen LogP contribution in [0.25, 0.3) is 11.0 Å². The SMILES string of the molecule is Cc1cnc2c(c1)cc(C1CCOCC1)n2CC(=O)N1CCCCC1C. The highest BCUT2D eigenvalue weighted by molar-refractivity contribution is 5.82. The molecule has 5 heteroatoms. The van der Waals surface area contributed by atoms with E-state index < -0.39 is 0 Å². The third-order valence-corrected chi connectivity index (χ3v) is 5.96. The molecule has 2 aromatic heterocycles. The van der Waals surface area contributed by atoms with E-state index in [1.807, 2.05) is 6.20 Å². The summed E-state index contributed by atoms with van der Waals surface area (Å²) in [7, 11) is 0. The third kappa shape index (κ3) is 3.37. The molecular formula is C21H29N3O2. The van der Waals surface area contributed by atoms with E-state index in [9.17, 15) is 4.79 Å². The van der Waals surface area contributed by atoms with Gasteiger partial charge in [-0.1, -0.05) is 0 Å². The van der Waals surface area contributed by atoms with Crippen molar-refractivity contribution in [1.29, 1.82) is 0 Å². The number of likely N-dealkylation sites (tertiary alicyclic amines) is 1. The lowest BCUT2D eigenvalue weighted by Gasteiger charge is -2.34. The van der Waals surface area contributed by atoms with Crippen molar-refractivity contribution in [2.45, 2.75) is 64.5 Å². The number of carbonyl (C=O) groups excluding carboxylic acids is 1. The van der Waals surface area contributed by atoms with Crippen LogP contribution in [0, 0.1) is 6.92 Å². The van der Waals surface area contributed by atoms with Gasteiger partial charge < -0.3 is 14.2 Å². The number of aryl methyl sites for hydroxylation is 1. The van der Waals surface area contributed by atoms with E-state index in [4.69, 9.17) is 4.74 Å². The Balaban J connectivity index is 1.68.